The highest BCUT2D eigenvalue weighted by molar-refractivity contribution is 6.02. The van der Waals surface area contributed by atoms with Gasteiger partial charge in [0.1, 0.15) is 12.1 Å². The normalized spacial score (nSPS) is 11.8. The standard InChI is InChI=1S/C23H21F3N4/c1-3-29(4-2)21-20-19(16-9-6-5-7-10-16)14-30(22(20)28-15-27-21)18-12-8-11-17(13-18)23(24,25)26/h5-15H,3-4H2,1-2H3. The van der Waals surface area contributed by atoms with Crippen LogP contribution in [0.4, 0.5) is 19.0 Å². The molecule has 0 saturated heterocycles. The Morgan fingerprint density at radius 1 is 0.933 bits per heavy atom. The van der Waals surface area contributed by atoms with E-state index < -0.39 is 11.7 Å². The molecule has 0 aliphatic heterocycles. The van der Waals surface area contributed by atoms with Gasteiger partial charge in [-0.25, -0.2) is 9.97 Å². The third-order valence-electron chi connectivity index (χ3n) is 5.16. The number of aromatic nitrogens is 3. The van der Waals surface area contributed by atoms with Gasteiger partial charge in [-0.15, -0.1) is 0 Å². The van der Waals surface area contributed by atoms with Crippen LogP contribution in [0, 0.1) is 0 Å². The van der Waals surface area contributed by atoms with Crippen molar-refractivity contribution in [3.05, 3.63) is 72.7 Å². The van der Waals surface area contributed by atoms with Gasteiger partial charge >= 0.3 is 6.18 Å². The third-order valence-corrected chi connectivity index (χ3v) is 5.16. The average Bonchev–Trinajstić information content (AvgIpc) is 3.15. The summed E-state index contributed by atoms with van der Waals surface area (Å²) in [6.45, 7) is 5.60. The van der Waals surface area contributed by atoms with Gasteiger partial charge in [0.05, 0.1) is 10.9 Å². The van der Waals surface area contributed by atoms with Crippen LogP contribution >= 0.6 is 0 Å². The molecular formula is C23H21F3N4. The minimum absolute atomic E-state index is 0.404. The van der Waals surface area contributed by atoms with E-state index in [2.05, 4.69) is 14.9 Å². The van der Waals surface area contributed by atoms with Gasteiger partial charge < -0.3 is 9.47 Å². The quantitative estimate of drug-likeness (QED) is 0.408. The molecule has 4 rings (SSSR count). The first-order valence-corrected chi connectivity index (χ1v) is 9.78. The van der Waals surface area contributed by atoms with Crippen LogP contribution in [0.5, 0.6) is 0 Å². The maximum Gasteiger partial charge on any atom is 0.416 e. The molecule has 0 saturated carbocycles. The van der Waals surface area contributed by atoms with Gasteiger partial charge in [-0.05, 0) is 37.6 Å². The molecule has 2 aromatic carbocycles. The van der Waals surface area contributed by atoms with Crippen LogP contribution in [-0.2, 0) is 6.18 Å². The summed E-state index contributed by atoms with van der Waals surface area (Å²) in [5.74, 6) is 0.773. The van der Waals surface area contributed by atoms with Crippen LogP contribution in [0.3, 0.4) is 0 Å². The molecule has 0 atom stereocenters. The Hall–Kier alpha value is -3.35. The Bertz CT molecular complexity index is 1160. The zero-order valence-electron chi connectivity index (χ0n) is 16.7. The number of fused-ring (bicyclic) bond motifs is 1. The molecule has 0 aliphatic carbocycles. The van der Waals surface area contributed by atoms with Crippen molar-refractivity contribution in [3.8, 4) is 16.8 Å². The number of nitrogens with zero attached hydrogens (tertiary/aromatic N) is 4. The maximum atomic E-state index is 13.3. The fourth-order valence-electron chi connectivity index (χ4n) is 3.67. The average molecular weight is 410 g/mol. The molecule has 2 aromatic heterocycles. The van der Waals surface area contributed by atoms with E-state index in [-0.39, 0.29) is 0 Å². The van der Waals surface area contributed by atoms with Crippen molar-refractivity contribution in [2.45, 2.75) is 20.0 Å². The summed E-state index contributed by atoms with van der Waals surface area (Å²) in [5, 5.41) is 0.824. The van der Waals surface area contributed by atoms with Gasteiger partial charge in [0.15, 0.2) is 5.65 Å². The fourth-order valence-corrected chi connectivity index (χ4v) is 3.67. The molecule has 4 aromatic rings. The van der Waals surface area contributed by atoms with E-state index in [4.69, 9.17) is 0 Å². The summed E-state index contributed by atoms with van der Waals surface area (Å²) in [6, 6.07) is 15.0. The van der Waals surface area contributed by atoms with Gasteiger partial charge in [-0.1, -0.05) is 36.4 Å². The molecule has 0 N–H and O–H groups in total. The van der Waals surface area contributed by atoms with E-state index in [1.165, 1.54) is 12.4 Å². The second kappa shape index (κ2) is 7.82. The minimum atomic E-state index is -4.41. The molecule has 0 unspecified atom stereocenters. The summed E-state index contributed by atoms with van der Waals surface area (Å²) in [7, 11) is 0. The Labute approximate surface area is 172 Å². The molecule has 0 aliphatic rings. The van der Waals surface area contributed by atoms with Gasteiger partial charge in [0, 0.05) is 30.5 Å². The molecule has 0 radical (unpaired) electrons. The molecule has 154 valence electrons. The lowest BCUT2D eigenvalue weighted by Crippen LogP contribution is -2.23. The van der Waals surface area contributed by atoms with E-state index >= 15 is 0 Å². The predicted octanol–water partition coefficient (Wildman–Crippen LogP) is 5.95. The number of rotatable bonds is 5. The third kappa shape index (κ3) is 3.51. The van der Waals surface area contributed by atoms with Crippen LogP contribution in [0.15, 0.2) is 67.1 Å². The van der Waals surface area contributed by atoms with Crippen molar-refractivity contribution in [1.29, 1.82) is 0 Å². The molecule has 7 heteroatoms. The lowest BCUT2D eigenvalue weighted by molar-refractivity contribution is -0.137. The first-order chi connectivity index (χ1) is 14.4. The second-order valence-electron chi connectivity index (χ2n) is 6.90. The highest BCUT2D eigenvalue weighted by Crippen LogP contribution is 2.37. The largest absolute Gasteiger partial charge is 0.416 e. The number of hydrogen-bond donors (Lipinski definition) is 0. The summed E-state index contributed by atoms with van der Waals surface area (Å²) < 4.78 is 41.6. The van der Waals surface area contributed by atoms with Crippen molar-refractivity contribution >= 4 is 16.9 Å². The van der Waals surface area contributed by atoms with Crippen LogP contribution in [0.2, 0.25) is 0 Å². The van der Waals surface area contributed by atoms with E-state index in [1.54, 1.807) is 10.6 Å². The molecule has 0 amide bonds. The zero-order valence-corrected chi connectivity index (χ0v) is 16.7. The summed E-state index contributed by atoms with van der Waals surface area (Å²) in [5.41, 5.74) is 2.12. The van der Waals surface area contributed by atoms with Crippen LogP contribution < -0.4 is 4.90 Å². The van der Waals surface area contributed by atoms with Crippen molar-refractivity contribution in [3.63, 3.8) is 0 Å². The zero-order chi connectivity index (χ0) is 21.3. The first-order valence-electron chi connectivity index (χ1n) is 9.78. The van der Waals surface area contributed by atoms with Gasteiger partial charge in [-0.2, -0.15) is 13.2 Å². The predicted molar refractivity (Wildman–Crippen MR) is 113 cm³/mol. The number of halogens is 3. The van der Waals surface area contributed by atoms with Crippen LogP contribution in [0.25, 0.3) is 27.8 Å². The molecular weight excluding hydrogens is 389 g/mol. The molecule has 4 nitrogen and oxygen atoms in total. The van der Waals surface area contributed by atoms with Gasteiger partial charge in [0.2, 0.25) is 0 Å². The summed E-state index contributed by atoms with van der Waals surface area (Å²) >= 11 is 0. The lowest BCUT2D eigenvalue weighted by Gasteiger charge is -2.21. The van der Waals surface area contributed by atoms with Crippen molar-refractivity contribution < 1.29 is 13.2 Å². The van der Waals surface area contributed by atoms with Crippen molar-refractivity contribution in [2.75, 3.05) is 18.0 Å². The Morgan fingerprint density at radius 3 is 2.33 bits per heavy atom. The lowest BCUT2D eigenvalue weighted by atomic mass is 10.1. The molecule has 0 bridgehead atoms. The van der Waals surface area contributed by atoms with E-state index in [0.717, 1.165) is 47.6 Å². The molecule has 0 spiro atoms. The minimum Gasteiger partial charge on any atom is -0.356 e. The van der Waals surface area contributed by atoms with E-state index in [9.17, 15) is 13.2 Å². The van der Waals surface area contributed by atoms with Gasteiger partial charge in [-0.3, -0.25) is 0 Å². The smallest absolute Gasteiger partial charge is 0.356 e. The van der Waals surface area contributed by atoms with Crippen molar-refractivity contribution in [1.82, 2.24) is 14.5 Å². The van der Waals surface area contributed by atoms with Crippen LogP contribution in [0.1, 0.15) is 19.4 Å². The number of benzene rings is 2. The SMILES string of the molecule is CCN(CC)c1ncnc2c1c(-c1ccccc1)cn2-c1cccc(C(F)(F)F)c1. The highest BCUT2D eigenvalue weighted by atomic mass is 19.4. The van der Waals surface area contributed by atoms with Crippen molar-refractivity contribution in [2.24, 2.45) is 0 Å². The topological polar surface area (TPSA) is 34.0 Å². The molecule has 0 fully saturated rings. The summed E-state index contributed by atoms with van der Waals surface area (Å²) in [6.07, 6.45) is -1.10. The van der Waals surface area contributed by atoms with E-state index in [1.807, 2.05) is 50.4 Å². The second-order valence-corrected chi connectivity index (χ2v) is 6.90. The van der Waals surface area contributed by atoms with Gasteiger partial charge in [0.25, 0.3) is 0 Å². The number of anilines is 1. The maximum absolute atomic E-state index is 13.3. The Balaban J connectivity index is 2.02. The Kier molecular flexibility index (Phi) is 5.20. The van der Waals surface area contributed by atoms with E-state index in [0.29, 0.717) is 11.3 Å². The van der Waals surface area contributed by atoms with Crippen LogP contribution in [-0.4, -0.2) is 27.6 Å². The summed E-state index contributed by atoms with van der Waals surface area (Å²) in [4.78, 5) is 11.1. The fraction of sp³-hybridized carbons (Fsp3) is 0.217. The Morgan fingerprint density at radius 2 is 1.67 bits per heavy atom. The monoisotopic (exact) mass is 410 g/mol. The highest BCUT2D eigenvalue weighted by Gasteiger charge is 2.31. The molecule has 2 heterocycles. The number of alkyl halides is 3. The number of hydrogen-bond acceptors (Lipinski definition) is 3. The molecule has 30 heavy (non-hydrogen) atoms. The first kappa shape index (κ1) is 19.9.